The Labute approximate surface area is 184 Å². The summed E-state index contributed by atoms with van der Waals surface area (Å²) in [6.07, 6.45) is 0. The van der Waals surface area contributed by atoms with Crippen molar-refractivity contribution in [1.29, 1.82) is 0 Å². The van der Waals surface area contributed by atoms with Crippen molar-refractivity contribution in [3.63, 3.8) is 0 Å². The molecule has 0 saturated heterocycles. The van der Waals surface area contributed by atoms with Crippen LogP contribution in [0.4, 0.5) is 10.8 Å². The maximum absolute atomic E-state index is 12.6. The van der Waals surface area contributed by atoms with Gasteiger partial charge in [-0.25, -0.2) is 14.5 Å². The van der Waals surface area contributed by atoms with Crippen molar-refractivity contribution in [3.8, 4) is 11.3 Å². The molecule has 1 aromatic carbocycles. The molecule has 31 heavy (non-hydrogen) atoms. The van der Waals surface area contributed by atoms with Crippen LogP contribution in [0.2, 0.25) is 0 Å². The quantitative estimate of drug-likeness (QED) is 0.263. The Kier molecular flexibility index (Phi) is 5.65. The zero-order chi connectivity index (χ0) is 22.1. The molecule has 0 unspecified atom stereocenters. The molecule has 12 heteroatoms. The number of thiazole rings is 1. The lowest BCUT2D eigenvalue weighted by Crippen LogP contribution is -2.22. The van der Waals surface area contributed by atoms with Crippen molar-refractivity contribution in [3.05, 3.63) is 57.2 Å². The summed E-state index contributed by atoms with van der Waals surface area (Å²) in [6, 6.07) is 8.12. The van der Waals surface area contributed by atoms with E-state index in [0.717, 1.165) is 11.4 Å². The Balaban J connectivity index is 1.44. The lowest BCUT2D eigenvalue weighted by Gasteiger charge is -2.07. The Morgan fingerprint density at radius 2 is 2.06 bits per heavy atom. The number of anilines is 1. The van der Waals surface area contributed by atoms with E-state index >= 15 is 0 Å². The molecule has 0 aliphatic rings. The monoisotopic (exact) mass is 455 g/mol. The van der Waals surface area contributed by atoms with Crippen LogP contribution in [0.3, 0.4) is 0 Å². The SMILES string of the molecule is Cc1cc(C)n2nc(S[C@H](C)C(=O)Nc3nc(-c4cccc([N+](=O)[O-])c4)cs3)nc2n1. The van der Waals surface area contributed by atoms with Crippen LogP contribution in [0, 0.1) is 24.0 Å². The van der Waals surface area contributed by atoms with E-state index in [2.05, 4.69) is 25.4 Å². The van der Waals surface area contributed by atoms with Gasteiger partial charge in [-0.15, -0.1) is 16.4 Å². The highest BCUT2D eigenvalue weighted by molar-refractivity contribution is 8.00. The van der Waals surface area contributed by atoms with E-state index in [9.17, 15) is 14.9 Å². The number of nitro groups is 1. The normalized spacial score (nSPS) is 12.1. The summed E-state index contributed by atoms with van der Waals surface area (Å²) < 4.78 is 1.64. The second kappa shape index (κ2) is 8.40. The summed E-state index contributed by atoms with van der Waals surface area (Å²) >= 11 is 2.48. The number of carbonyl (C=O) groups excluding carboxylic acids is 1. The van der Waals surface area contributed by atoms with Crippen molar-refractivity contribution in [2.45, 2.75) is 31.2 Å². The number of aromatic nitrogens is 5. The van der Waals surface area contributed by atoms with Crippen molar-refractivity contribution < 1.29 is 9.72 Å². The van der Waals surface area contributed by atoms with E-state index in [1.165, 1.54) is 35.2 Å². The minimum atomic E-state index is -0.469. The molecule has 1 N–H and O–H groups in total. The summed E-state index contributed by atoms with van der Waals surface area (Å²) in [5.41, 5.74) is 2.92. The molecule has 3 aromatic heterocycles. The van der Waals surface area contributed by atoms with Gasteiger partial charge in [0.25, 0.3) is 11.5 Å². The van der Waals surface area contributed by atoms with E-state index in [-0.39, 0.29) is 11.6 Å². The van der Waals surface area contributed by atoms with E-state index in [4.69, 9.17) is 0 Å². The number of carbonyl (C=O) groups is 1. The first-order valence-corrected chi connectivity index (χ1v) is 10.9. The number of hydrogen-bond acceptors (Lipinski definition) is 9. The van der Waals surface area contributed by atoms with Crippen LogP contribution in [0.15, 0.2) is 40.9 Å². The summed E-state index contributed by atoms with van der Waals surface area (Å²) in [6.45, 7) is 5.56. The van der Waals surface area contributed by atoms with Crippen LogP contribution in [0.1, 0.15) is 18.3 Å². The van der Waals surface area contributed by atoms with Gasteiger partial charge in [-0.3, -0.25) is 14.9 Å². The number of thioether (sulfide) groups is 1. The third kappa shape index (κ3) is 4.54. The van der Waals surface area contributed by atoms with E-state index in [0.29, 0.717) is 27.3 Å². The Hall–Kier alpha value is -3.38. The number of nitrogens with zero attached hydrogens (tertiary/aromatic N) is 6. The minimum Gasteiger partial charge on any atom is -0.301 e. The van der Waals surface area contributed by atoms with Crippen LogP contribution in [-0.2, 0) is 4.79 Å². The van der Waals surface area contributed by atoms with Crippen molar-refractivity contribution in [2.75, 3.05) is 5.32 Å². The maximum Gasteiger partial charge on any atom is 0.270 e. The fourth-order valence-corrected chi connectivity index (χ4v) is 4.33. The molecular formula is C19H17N7O3S2. The summed E-state index contributed by atoms with van der Waals surface area (Å²) in [5.74, 6) is 0.249. The molecule has 0 aliphatic carbocycles. The zero-order valence-electron chi connectivity index (χ0n) is 16.8. The smallest absolute Gasteiger partial charge is 0.270 e. The van der Waals surface area contributed by atoms with E-state index in [1.54, 1.807) is 29.0 Å². The molecular weight excluding hydrogens is 438 g/mol. The van der Waals surface area contributed by atoms with Crippen molar-refractivity contribution >= 4 is 45.6 Å². The highest BCUT2D eigenvalue weighted by Crippen LogP contribution is 2.28. The third-order valence-corrected chi connectivity index (χ3v) is 6.05. The Bertz CT molecular complexity index is 1300. The predicted molar refractivity (Wildman–Crippen MR) is 118 cm³/mol. The van der Waals surface area contributed by atoms with Crippen molar-refractivity contribution in [1.82, 2.24) is 24.6 Å². The number of rotatable bonds is 6. The average molecular weight is 456 g/mol. The van der Waals surface area contributed by atoms with Crippen LogP contribution in [0.25, 0.3) is 17.0 Å². The molecule has 10 nitrogen and oxygen atoms in total. The van der Waals surface area contributed by atoms with E-state index < -0.39 is 10.2 Å². The third-order valence-electron chi connectivity index (χ3n) is 4.34. The van der Waals surface area contributed by atoms with Gasteiger partial charge in [0, 0.05) is 34.5 Å². The number of aryl methyl sites for hydroxylation is 2. The first-order chi connectivity index (χ1) is 14.8. The van der Waals surface area contributed by atoms with E-state index in [1.807, 2.05) is 19.9 Å². The highest BCUT2D eigenvalue weighted by Gasteiger charge is 2.20. The summed E-state index contributed by atoms with van der Waals surface area (Å²) in [5, 5.41) is 20.3. The Morgan fingerprint density at radius 1 is 1.26 bits per heavy atom. The number of hydrogen-bond donors (Lipinski definition) is 1. The van der Waals surface area contributed by atoms with Crippen LogP contribution >= 0.6 is 23.1 Å². The molecule has 158 valence electrons. The Morgan fingerprint density at radius 3 is 2.84 bits per heavy atom. The lowest BCUT2D eigenvalue weighted by atomic mass is 10.1. The van der Waals surface area contributed by atoms with Crippen LogP contribution < -0.4 is 5.32 Å². The number of non-ortho nitro benzene ring substituents is 1. The molecule has 0 aliphatic heterocycles. The number of amides is 1. The molecule has 3 heterocycles. The predicted octanol–water partition coefficient (Wildman–Crippen LogP) is 3.89. The molecule has 0 spiro atoms. The standard InChI is InChI=1S/C19H17N7O3S2/c1-10-7-11(2)25-17(20-10)23-19(24-25)31-12(3)16(27)22-18-21-15(9-30-18)13-5-4-6-14(8-13)26(28)29/h4-9,12H,1-3H3,(H,21,22,27)/t12-/m1/s1. The molecule has 0 bridgehead atoms. The molecule has 4 aromatic rings. The number of nitro benzene ring substituents is 1. The number of benzene rings is 1. The first-order valence-electron chi connectivity index (χ1n) is 9.19. The largest absolute Gasteiger partial charge is 0.301 e. The molecule has 1 amide bonds. The highest BCUT2D eigenvalue weighted by atomic mass is 32.2. The average Bonchev–Trinajstić information content (AvgIpc) is 3.35. The van der Waals surface area contributed by atoms with Gasteiger partial charge in [-0.1, -0.05) is 23.9 Å². The number of nitrogens with one attached hydrogen (secondary N) is 1. The summed E-state index contributed by atoms with van der Waals surface area (Å²) in [4.78, 5) is 36.2. The van der Waals surface area contributed by atoms with Gasteiger partial charge < -0.3 is 5.32 Å². The molecule has 0 radical (unpaired) electrons. The number of fused-ring (bicyclic) bond motifs is 1. The fourth-order valence-electron chi connectivity index (χ4n) is 2.86. The zero-order valence-corrected chi connectivity index (χ0v) is 18.4. The van der Waals surface area contributed by atoms with Crippen LogP contribution in [-0.4, -0.2) is 40.6 Å². The molecule has 0 fully saturated rings. The maximum atomic E-state index is 12.6. The lowest BCUT2D eigenvalue weighted by molar-refractivity contribution is -0.384. The first kappa shape index (κ1) is 20.9. The molecule has 1 atom stereocenters. The molecule has 0 saturated carbocycles. The second-order valence-electron chi connectivity index (χ2n) is 6.74. The topological polar surface area (TPSA) is 128 Å². The fraction of sp³-hybridized carbons (Fsp3) is 0.211. The molecule has 4 rings (SSSR count). The van der Waals surface area contributed by atoms with Gasteiger partial charge in [-0.05, 0) is 26.8 Å². The minimum absolute atomic E-state index is 0.0130. The van der Waals surface area contributed by atoms with Gasteiger partial charge in [0.1, 0.15) is 0 Å². The van der Waals surface area contributed by atoms with Gasteiger partial charge in [-0.2, -0.15) is 4.98 Å². The summed E-state index contributed by atoms with van der Waals surface area (Å²) in [7, 11) is 0. The van der Waals surface area contributed by atoms with Gasteiger partial charge in [0.2, 0.25) is 11.1 Å². The van der Waals surface area contributed by atoms with Gasteiger partial charge >= 0.3 is 0 Å². The van der Waals surface area contributed by atoms with Gasteiger partial charge in [0.05, 0.1) is 15.9 Å². The van der Waals surface area contributed by atoms with Crippen molar-refractivity contribution in [2.24, 2.45) is 0 Å². The van der Waals surface area contributed by atoms with Gasteiger partial charge in [0.15, 0.2) is 5.13 Å². The van der Waals surface area contributed by atoms with Crippen LogP contribution in [0.5, 0.6) is 0 Å². The second-order valence-corrected chi connectivity index (χ2v) is 8.91.